The average molecular weight is 485 g/mol. The summed E-state index contributed by atoms with van der Waals surface area (Å²) in [6, 6.07) is 1.16. The Morgan fingerprint density at radius 3 is 2.67 bits per heavy atom. The van der Waals surface area contributed by atoms with Crippen LogP contribution in [0.2, 0.25) is 0 Å². The molecule has 0 aromatic carbocycles. The van der Waals surface area contributed by atoms with Crippen LogP contribution in [0.15, 0.2) is 22.2 Å². The number of nitrogens with zero attached hydrogens (tertiary/aromatic N) is 4. The summed E-state index contributed by atoms with van der Waals surface area (Å²) in [5.74, 6) is -1.88. The molecule has 2 fully saturated rings. The van der Waals surface area contributed by atoms with Crippen LogP contribution in [0.5, 0.6) is 0 Å². The minimum Gasteiger partial charge on any atom is -0.477 e. The van der Waals surface area contributed by atoms with Crippen LogP contribution >= 0.6 is 0 Å². The lowest BCUT2D eigenvalue weighted by molar-refractivity contribution is 0.0694. The molecule has 0 amide bonds. The number of aromatic carboxylic acids is 1. The van der Waals surface area contributed by atoms with E-state index < -0.39 is 27.3 Å². The molecule has 0 bridgehead atoms. The van der Waals surface area contributed by atoms with E-state index >= 15 is 0 Å². The van der Waals surface area contributed by atoms with Crippen molar-refractivity contribution < 1.29 is 32.1 Å². The first kappa shape index (κ1) is 24.5. The molecule has 0 spiro atoms. The first-order chi connectivity index (χ1) is 15.5. The van der Waals surface area contributed by atoms with Gasteiger partial charge in [-0.2, -0.15) is 8.42 Å². The van der Waals surface area contributed by atoms with Crippen molar-refractivity contribution >= 4 is 38.7 Å². The fraction of sp³-hybridized carbons (Fsp3) is 0.474. The van der Waals surface area contributed by atoms with Crippen LogP contribution in [0.1, 0.15) is 35.7 Å². The number of pyridine rings is 2. The standard InChI is InChI=1S/C18H20FN5O4.CH4O3S/c19-14-7-12-15(25)13(18(26)27)9-24(11-1-2-11)16(12)21-17(14)23-5-3-10(8-23)22-28-6-4-20;1-5(2,3)4/h7,9,11H,1-6,8,20H2,(H,26,27);1H3,(H,2,3,4)/b22-10+;. The fourth-order valence-electron chi connectivity index (χ4n) is 3.33. The largest absolute Gasteiger partial charge is 0.477 e. The quantitative estimate of drug-likeness (QED) is 0.298. The zero-order chi connectivity index (χ0) is 24.3. The molecule has 2 aromatic heterocycles. The van der Waals surface area contributed by atoms with Crippen LogP contribution in [-0.4, -0.2) is 71.8 Å². The Labute approximate surface area is 188 Å². The number of hydrogen-bond donors (Lipinski definition) is 3. The number of aromatic nitrogens is 2. The SMILES string of the molecule is CS(=O)(=O)O.NCCO/N=C1\CCN(c2nc3c(cc2F)c(=O)c(C(=O)O)cn3C2CC2)C1. The molecule has 180 valence electrons. The van der Waals surface area contributed by atoms with Crippen molar-refractivity contribution in [2.45, 2.75) is 25.3 Å². The molecule has 1 saturated carbocycles. The van der Waals surface area contributed by atoms with Crippen molar-refractivity contribution in [3.63, 3.8) is 0 Å². The van der Waals surface area contributed by atoms with Crippen LogP contribution in [0.3, 0.4) is 0 Å². The van der Waals surface area contributed by atoms with Crippen molar-refractivity contribution in [2.24, 2.45) is 10.9 Å². The van der Waals surface area contributed by atoms with E-state index in [-0.39, 0.29) is 22.8 Å². The highest BCUT2D eigenvalue weighted by Crippen LogP contribution is 2.37. The second-order valence-corrected chi connectivity index (χ2v) is 9.13. The molecule has 2 aliphatic rings. The van der Waals surface area contributed by atoms with E-state index in [0.717, 1.165) is 24.6 Å². The zero-order valence-electron chi connectivity index (χ0n) is 17.8. The van der Waals surface area contributed by atoms with Crippen LogP contribution in [0.25, 0.3) is 11.0 Å². The van der Waals surface area contributed by atoms with Crippen LogP contribution in [-0.2, 0) is 15.0 Å². The Morgan fingerprint density at radius 1 is 1.42 bits per heavy atom. The number of oxime groups is 1. The van der Waals surface area contributed by atoms with Crippen molar-refractivity contribution in [1.82, 2.24) is 9.55 Å². The highest BCUT2D eigenvalue weighted by Gasteiger charge is 2.29. The Balaban J connectivity index is 0.000000555. The lowest BCUT2D eigenvalue weighted by Crippen LogP contribution is -2.24. The van der Waals surface area contributed by atoms with Gasteiger partial charge >= 0.3 is 5.97 Å². The van der Waals surface area contributed by atoms with E-state index in [2.05, 4.69) is 10.1 Å². The lowest BCUT2D eigenvalue weighted by atomic mass is 10.2. The lowest BCUT2D eigenvalue weighted by Gasteiger charge is -2.18. The Morgan fingerprint density at radius 2 is 2.09 bits per heavy atom. The van der Waals surface area contributed by atoms with Gasteiger partial charge in [-0.1, -0.05) is 5.16 Å². The van der Waals surface area contributed by atoms with Gasteiger partial charge in [0.25, 0.3) is 10.1 Å². The van der Waals surface area contributed by atoms with E-state index in [0.29, 0.717) is 44.6 Å². The van der Waals surface area contributed by atoms with Gasteiger partial charge in [0.15, 0.2) is 11.6 Å². The van der Waals surface area contributed by atoms with Crippen LogP contribution < -0.4 is 16.1 Å². The van der Waals surface area contributed by atoms with Gasteiger partial charge in [0.05, 0.1) is 23.9 Å². The van der Waals surface area contributed by atoms with E-state index in [1.54, 1.807) is 9.47 Å². The van der Waals surface area contributed by atoms with E-state index in [9.17, 15) is 27.5 Å². The second kappa shape index (κ2) is 9.80. The summed E-state index contributed by atoms with van der Waals surface area (Å²) >= 11 is 0. The molecule has 0 unspecified atom stereocenters. The number of hydrogen-bond acceptors (Lipinski definition) is 9. The van der Waals surface area contributed by atoms with E-state index in [1.165, 1.54) is 6.20 Å². The molecule has 12 nitrogen and oxygen atoms in total. The summed E-state index contributed by atoms with van der Waals surface area (Å²) in [7, 11) is -3.67. The van der Waals surface area contributed by atoms with Crippen LogP contribution in [0.4, 0.5) is 10.2 Å². The number of rotatable bonds is 6. The first-order valence-corrected chi connectivity index (χ1v) is 11.9. The molecule has 0 radical (unpaired) electrons. The first-order valence-electron chi connectivity index (χ1n) is 10.0. The molecule has 2 aromatic rings. The van der Waals surface area contributed by atoms with Gasteiger partial charge in [-0.05, 0) is 18.9 Å². The Bertz CT molecular complexity index is 1250. The third kappa shape index (κ3) is 6.24. The van der Waals surface area contributed by atoms with Crippen LogP contribution in [0, 0.1) is 5.82 Å². The molecule has 4 rings (SSSR count). The van der Waals surface area contributed by atoms with Crippen molar-refractivity contribution in [3.8, 4) is 0 Å². The zero-order valence-corrected chi connectivity index (χ0v) is 18.6. The third-order valence-corrected chi connectivity index (χ3v) is 4.86. The highest BCUT2D eigenvalue weighted by molar-refractivity contribution is 7.85. The molecule has 14 heteroatoms. The fourth-order valence-corrected chi connectivity index (χ4v) is 3.33. The van der Waals surface area contributed by atoms with Gasteiger partial charge in [-0.3, -0.25) is 9.35 Å². The molecular formula is C19H24FN5O7S. The number of fused-ring (bicyclic) bond motifs is 1. The second-order valence-electron chi connectivity index (χ2n) is 7.66. The minimum absolute atomic E-state index is 0.0209. The number of halogens is 1. The maximum atomic E-state index is 14.8. The number of carboxylic acid groups (broad SMARTS) is 1. The minimum atomic E-state index is -3.67. The van der Waals surface area contributed by atoms with Gasteiger partial charge in [0.1, 0.15) is 17.8 Å². The number of nitrogens with two attached hydrogens (primary N) is 1. The molecule has 0 atom stereocenters. The van der Waals surface area contributed by atoms with E-state index in [4.69, 9.17) is 15.1 Å². The molecule has 33 heavy (non-hydrogen) atoms. The maximum absolute atomic E-state index is 14.8. The summed E-state index contributed by atoms with van der Waals surface area (Å²) in [4.78, 5) is 35.1. The van der Waals surface area contributed by atoms with Crippen molar-refractivity contribution in [3.05, 3.63) is 33.9 Å². The third-order valence-electron chi connectivity index (χ3n) is 4.86. The summed E-state index contributed by atoms with van der Waals surface area (Å²) < 4.78 is 42.3. The van der Waals surface area contributed by atoms with Gasteiger partial charge in [-0.15, -0.1) is 0 Å². The molecule has 1 aliphatic carbocycles. The van der Waals surface area contributed by atoms with Gasteiger partial charge in [-0.25, -0.2) is 14.2 Å². The maximum Gasteiger partial charge on any atom is 0.341 e. The molecular weight excluding hydrogens is 461 g/mol. The predicted octanol–water partition coefficient (Wildman–Crippen LogP) is 0.614. The topological polar surface area (TPSA) is 177 Å². The van der Waals surface area contributed by atoms with Crippen molar-refractivity contribution in [2.75, 3.05) is 37.4 Å². The molecule has 3 heterocycles. The summed E-state index contributed by atoms with van der Waals surface area (Å²) in [6.45, 7) is 1.55. The predicted molar refractivity (Wildman–Crippen MR) is 118 cm³/mol. The van der Waals surface area contributed by atoms with E-state index in [1.807, 2.05) is 0 Å². The van der Waals surface area contributed by atoms with Gasteiger partial charge in [0.2, 0.25) is 5.43 Å². The summed E-state index contributed by atoms with van der Waals surface area (Å²) in [5.41, 5.74) is 5.32. The molecule has 1 saturated heterocycles. The normalized spacial score (nSPS) is 17.2. The van der Waals surface area contributed by atoms with Gasteiger partial charge in [0, 0.05) is 31.7 Å². The molecule has 4 N–H and O–H groups in total. The Kier molecular flexibility index (Phi) is 7.29. The average Bonchev–Trinajstić information content (AvgIpc) is 3.45. The number of carbonyl (C=O) groups is 1. The Hall–Kier alpha value is -3.10. The highest BCUT2D eigenvalue weighted by atomic mass is 32.2. The monoisotopic (exact) mass is 485 g/mol. The smallest absolute Gasteiger partial charge is 0.341 e. The number of anilines is 1. The summed E-state index contributed by atoms with van der Waals surface area (Å²) in [6.07, 6.45) is 4.37. The van der Waals surface area contributed by atoms with Gasteiger partial charge < -0.3 is 25.1 Å². The van der Waals surface area contributed by atoms with Crippen molar-refractivity contribution in [1.29, 1.82) is 0 Å². The molecule has 1 aliphatic heterocycles. The number of carboxylic acids is 1. The summed E-state index contributed by atoms with van der Waals surface area (Å²) in [5, 5.41) is 13.3.